The van der Waals surface area contributed by atoms with E-state index in [0.29, 0.717) is 23.7 Å². The lowest BCUT2D eigenvalue weighted by Gasteiger charge is -2.10. The van der Waals surface area contributed by atoms with Crippen molar-refractivity contribution in [3.63, 3.8) is 0 Å². The van der Waals surface area contributed by atoms with Crippen LogP contribution in [0.15, 0.2) is 18.2 Å². The predicted octanol–water partition coefficient (Wildman–Crippen LogP) is 2.56. The molecule has 0 aliphatic heterocycles. The Labute approximate surface area is 154 Å². The number of carbonyl (C=O) groups is 1. The zero-order chi connectivity index (χ0) is 18.8. The summed E-state index contributed by atoms with van der Waals surface area (Å²) in [6.07, 6.45) is 0.724. The summed E-state index contributed by atoms with van der Waals surface area (Å²) >= 11 is 5.72. The molecule has 0 aliphatic rings. The first-order valence-corrected chi connectivity index (χ1v) is 8.43. The second-order valence-corrected chi connectivity index (χ2v) is 6.29. The van der Waals surface area contributed by atoms with Crippen LogP contribution in [0.2, 0.25) is 5.02 Å². The second kappa shape index (κ2) is 7.35. The number of benzene rings is 1. The molecule has 0 aliphatic carbocycles. The van der Waals surface area contributed by atoms with E-state index in [0.717, 1.165) is 17.0 Å². The lowest BCUT2D eigenvalue weighted by Crippen LogP contribution is -2.14. The summed E-state index contributed by atoms with van der Waals surface area (Å²) in [5.41, 5.74) is 8.63. The van der Waals surface area contributed by atoms with Crippen LogP contribution >= 0.6 is 11.6 Å². The number of hydrogen-bond acceptors (Lipinski definition) is 5. The van der Waals surface area contributed by atoms with Gasteiger partial charge >= 0.3 is 0 Å². The molecule has 2 heterocycles. The number of aryl methyl sites for hydroxylation is 2. The first-order chi connectivity index (χ1) is 12.4. The normalized spacial score (nSPS) is 11.1. The maximum atomic E-state index is 13.2. The maximum Gasteiger partial charge on any atom is 0.252 e. The lowest BCUT2D eigenvalue weighted by atomic mass is 10.1. The minimum Gasteiger partial charge on any atom is -0.326 e. The van der Waals surface area contributed by atoms with Crippen LogP contribution in [0.5, 0.6) is 0 Å². The van der Waals surface area contributed by atoms with Gasteiger partial charge < -0.3 is 11.1 Å². The molecule has 3 aromatic rings. The SMILES string of the molecule is Cc1nc2nc(CN)nn2c(C)c1CCC(=O)Nc1ccc(F)c(Cl)c1. The number of fused-ring (bicyclic) bond motifs is 1. The molecule has 1 amide bonds. The first-order valence-electron chi connectivity index (χ1n) is 8.05. The summed E-state index contributed by atoms with van der Waals surface area (Å²) in [7, 11) is 0. The largest absolute Gasteiger partial charge is 0.326 e. The molecule has 0 saturated heterocycles. The quantitative estimate of drug-likeness (QED) is 0.713. The maximum absolute atomic E-state index is 13.2. The summed E-state index contributed by atoms with van der Waals surface area (Å²) in [6.45, 7) is 4.01. The van der Waals surface area contributed by atoms with Crippen LogP contribution in [0.3, 0.4) is 0 Å². The summed E-state index contributed by atoms with van der Waals surface area (Å²) in [5, 5.41) is 6.98. The van der Waals surface area contributed by atoms with Gasteiger partial charge in [0.25, 0.3) is 5.78 Å². The molecule has 0 fully saturated rings. The van der Waals surface area contributed by atoms with E-state index < -0.39 is 5.82 Å². The summed E-state index contributed by atoms with van der Waals surface area (Å²) in [6, 6.07) is 4.06. The summed E-state index contributed by atoms with van der Waals surface area (Å²) in [5.74, 6) is 0.283. The lowest BCUT2D eigenvalue weighted by molar-refractivity contribution is -0.116. The van der Waals surface area contributed by atoms with Crippen molar-refractivity contribution in [3.05, 3.63) is 51.8 Å². The Kier molecular flexibility index (Phi) is 5.15. The molecule has 0 bridgehead atoms. The zero-order valence-electron chi connectivity index (χ0n) is 14.4. The fraction of sp³-hybridized carbons (Fsp3) is 0.294. The highest BCUT2D eigenvalue weighted by atomic mass is 35.5. The van der Waals surface area contributed by atoms with Gasteiger partial charge in [-0.05, 0) is 44.0 Å². The Morgan fingerprint density at radius 3 is 2.81 bits per heavy atom. The van der Waals surface area contributed by atoms with E-state index in [1.165, 1.54) is 18.2 Å². The van der Waals surface area contributed by atoms with Gasteiger partial charge in [0.15, 0.2) is 5.82 Å². The van der Waals surface area contributed by atoms with Crippen LogP contribution in [0.25, 0.3) is 5.78 Å². The number of anilines is 1. The molecule has 7 nitrogen and oxygen atoms in total. The monoisotopic (exact) mass is 376 g/mol. The van der Waals surface area contributed by atoms with Crippen molar-refractivity contribution in [2.45, 2.75) is 33.2 Å². The van der Waals surface area contributed by atoms with Crippen molar-refractivity contribution >= 4 is 29.0 Å². The molecule has 26 heavy (non-hydrogen) atoms. The molecule has 3 rings (SSSR count). The number of hydrogen-bond donors (Lipinski definition) is 2. The van der Waals surface area contributed by atoms with Gasteiger partial charge in [-0.3, -0.25) is 4.79 Å². The highest BCUT2D eigenvalue weighted by Gasteiger charge is 2.14. The Hall–Kier alpha value is -2.58. The molecule has 0 unspecified atom stereocenters. The van der Waals surface area contributed by atoms with Gasteiger partial charge in [0.2, 0.25) is 5.91 Å². The first kappa shape index (κ1) is 18.2. The number of nitrogens with one attached hydrogen (secondary N) is 1. The number of amides is 1. The highest BCUT2D eigenvalue weighted by molar-refractivity contribution is 6.31. The van der Waals surface area contributed by atoms with Gasteiger partial charge in [0.05, 0.1) is 11.6 Å². The van der Waals surface area contributed by atoms with Gasteiger partial charge in [-0.1, -0.05) is 11.6 Å². The van der Waals surface area contributed by atoms with Crippen LogP contribution < -0.4 is 11.1 Å². The Morgan fingerprint density at radius 2 is 2.12 bits per heavy atom. The minimum atomic E-state index is -0.528. The van der Waals surface area contributed by atoms with E-state index in [1.54, 1.807) is 4.52 Å². The molecule has 0 atom stereocenters. The van der Waals surface area contributed by atoms with Crippen molar-refractivity contribution < 1.29 is 9.18 Å². The fourth-order valence-electron chi connectivity index (χ4n) is 2.73. The molecule has 0 spiro atoms. The molecule has 3 N–H and O–H groups in total. The van der Waals surface area contributed by atoms with Crippen LogP contribution in [-0.2, 0) is 17.8 Å². The molecular weight excluding hydrogens is 359 g/mol. The molecule has 136 valence electrons. The van der Waals surface area contributed by atoms with Gasteiger partial charge in [-0.25, -0.2) is 13.9 Å². The molecule has 2 aromatic heterocycles. The van der Waals surface area contributed by atoms with Crippen molar-refractivity contribution in [1.29, 1.82) is 0 Å². The number of halogens is 2. The van der Waals surface area contributed by atoms with Crippen molar-refractivity contribution in [2.24, 2.45) is 5.73 Å². The van der Waals surface area contributed by atoms with E-state index >= 15 is 0 Å². The van der Waals surface area contributed by atoms with Gasteiger partial charge in [-0.2, -0.15) is 4.98 Å². The third-order valence-electron chi connectivity index (χ3n) is 4.08. The topological polar surface area (TPSA) is 98.2 Å². The van der Waals surface area contributed by atoms with Crippen molar-refractivity contribution in [2.75, 3.05) is 5.32 Å². The Morgan fingerprint density at radius 1 is 1.35 bits per heavy atom. The fourth-order valence-corrected chi connectivity index (χ4v) is 2.91. The van der Waals surface area contributed by atoms with Crippen LogP contribution in [-0.4, -0.2) is 25.5 Å². The average Bonchev–Trinajstić information content (AvgIpc) is 3.01. The number of nitrogens with two attached hydrogens (primary N) is 1. The smallest absolute Gasteiger partial charge is 0.252 e. The van der Waals surface area contributed by atoms with E-state index in [1.807, 2.05) is 13.8 Å². The summed E-state index contributed by atoms with van der Waals surface area (Å²) < 4.78 is 14.8. The van der Waals surface area contributed by atoms with Crippen LogP contribution in [0.4, 0.5) is 10.1 Å². The number of nitrogens with zero attached hydrogens (tertiary/aromatic N) is 4. The number of carbonyl (C=O) groups excluding carboxylic acids is 1. The molecule has 9 heteroatoms. The van der Waals surface area contributed by atoms with E-state index in [9.17, 15) is 9.18 Å². The van der Waals surface area contributed by atoms with Gasteiger partial charge in [0, 0.05) is 23.5 Å². The van der Waals surface area contributed by atoms with Crippen LogP contribution in [0, 0.1) is 19.7 Å². The Balaban J connectivity index is 1.74. The average molecular weight is 377 g/mol. The molecule has 1 aromatic carbocycles. The van der Waals surface area contributed by atoms with E-state index in [4.69, 9.17) is 17.3 Å². The predicted molar refractivity (Wildman–Crippen MR) is 96.5 cm³/mol. The minimum absolute atomic E-state index is 0.0361. The molecular formula is C17H18ClFN6O. The Bertz CT molecular complexity index is 987. The van der Waals surface area contributed by atoms with Crippen molar-refractivity contribution in [3.8, 4) is 0 Å². The van der Waals surface area contributed by atoms with Gasteiger partial charge in [0.1, 0.15) is 5.82 Å². The van der Waals surface area contributed by atoms with Crippen LogP contribution in [0.1, 0.15) is 29.2 Å². The van der Waals surface area contributed by atoms with Gasteiger partial charge in [-0.15, -0.1) is 5.10 Å². The highest BCUT2D eigenvalue weighted by Crippen LogP contribution is 2.20. The van der Waals surface area contributed by atoms with Crippen molar-refractivity contribution in [1.82, 2.24) is 19.6 Å². The zero-order valence-corrected chi connectivity index (χ0v) is 15.1. The third kappa shape index (κ3) is 3.66. The number of aromatic nitrogens is 4. The second-order valence-electron chi connectivity index (χ2n) is 5.88. The summed E-state index contributed by atoms with van der Waals surface area (Å²) in [4.78, 5) is 20.9. The van der Waals surface area contributed by atoms with E-state index in [-0.39, 0.29) is 23.9 Å². The molecule has 0 radical (unpaired) electrons. The molecule has 0 saturated carbocycles. The van der Waals surface area contributed by atoms with E-state index in [2.05, 4.69) is 20.4 Å². The standard InChI is InChI=1S/C17H18ClFN6O/c1-9-12(10(2)25-17(21-9)23-15(8-20)24-25)4-6-16(26)22-11-3-5-14(19)13(18)7-11/h3,5,7H,4,6,8,20H2,1-2H3,(H,22,26). The third-order valence-corrected chi connectivity index (χ3v) is 4.37. The number of rotatable bonds is 5.